The Kier molecular flexibility index (Phi) is 9.84. The topological polar surface area (TPSA) is 42.6 Å². The second-order valence-electron chi connectivity index (χ2n) is 20.1. The van der Waals surface area contributed by atoms with Crippen LogP contribution in [0.3, 0.4) is 0 Å². The lowest BCUT2D eigenvalue weighted by Gasteiger charge is -2.25. The predicted molar refractivity (Wildman–Crippen MR) is 324 cm³/mol. The van der Waals surface area contributed by atoms with E-state index >= 15 is 0 Å². The molecule has 0 saturated heterocycles. The van der Waals surface area contributed by atoms with Gasteiger partial charge in [-0.25, -0.2) is 0 Å². The highest BCUT2D eigenvalue weighted by Gasteiger charge is 2.23. The summed E-state index contributed by atoms with van der Waals surface area (Å²) in [5, 5.41) is 8.97. The maximum atomic E-state index is 6.89. The van der Waals surface area contributed by atoms with Crippen LogP contribution >= 0.6 is 0 Å². The molecule has 0 amide bonds. The van der Waals surface area contributed by atoms with Crippen LogP contribution in [0.15, 0.2) is 288 Å². The molecular formula is C72H46N4O2. The largest absolute Gasteiger partial charge is 0.455 e. The van der Waals surface area contributed by atoms with E-state index in [4.69, 9.17) is 8.83 Å². The van der Waals surface area contributed by atoms with Gasteiger partial charge in [0.25, 0.3) is 0 Å². The van der Waals surface area contributed by atoms with Crippen LogP contribution in [0.25, 0.3) is 110 Å². The third-order valence-electron chi connectivity index (χ3n) is 15.7. The molecule has 0 saturated carbocycles. The zero-order valence-electron chi connectivity index (χ0n) is 42.2. The molecule has 0 bridgehead atoms. The Labute approximate surface area is 448 Å². The average Bonchev–Trinajstić information content (AvgIpc) is 4.45. The van der Waals surface area contributed by atoms with Gasteiger partial charge < -0.3 is 27.8 Å². The van der Waals surface area contributed by atoms with Crippen molar-refractivity contribution in [3.05, 3.63) is 279 Å². The van der Waals surface area contributed by atoms with Crippen LogP contribution in [0, 0.1) is 0 Å². The molecule has 0 atom stereocenters. The lowest BCUT2D eigenvalue weighted by molar-refractivity contribution is 0.665. The first-order valence-electron chi connectivity index (χ1n) is 26.5. The Morgan fingerprint density at radius 3 is 0.974 bits per heavy atom. The lowest BCUT2D eigenvalue weighted by Crippen LogP contribution is -2.09. The minimum atomic E-state index is 0.829. The van der Waals surface area contributed by atoms with Crippen molar-refractivity contribution >= 4 is 122 Å². The summed E-state index contributed by atoms with van der Waals surface area (Å²) >= 11 is 0. The second kappa shape index (κ2) is 17.5. The molecule has 0 aliphatic heterocycles. The van der Waals surface area contributed by atoms with E-state index in [9.17, 15) is 0 Å². The van der Waals surface area contributed by atoms with Crippen LogP contribution in [-0.2, 0) is 0 Å². The number of para-hydroxylation sites is 8. The molecule has 0 spiro atoms. The van der Waals surface area contributed by atoms with Crippen molar-refractivity contribution in [2.45, 2.75) is 0 Å². The highest BCUT2D eigenvalue weighted by Crippen LogP contribution is 2.45. The Bertz CT molecular complexity index is 4580. The zero-order valence-corrected chi connectivity index (χ0v) is 42.2. The lowest BCUT2D eigenvalue weighted by atomic mass is 10.00. The van der Waals surface area contributed by atoms with Crippen molar-refractivity contribution in [1.82, 2.24) is 9.13 Å². The molecule has 78 heavy (non-hydrogen) atoms. The molecule has 0 radical (unpaired) electrons. The molecule has 0 aliphatic rings. The standard InChI is InChI=1S/C72H46N4O2/c1-5-19-47(20-6-1)73(48-21-7-2-8-22-48)51-35-39-67-61(43-51)55-27-13-15-33-65(55)75(67)53-37-41-69-63(45-53)59-31-17-29-57(71(59)77-69)58-30-18-32-60-64-46-54(38-42-70(64)78-72(58)60)76-66-34-16-14-28-56(66)62-44-52(36-40-68(62)76)74(49-23-9-3-10-24-49)50-25-11-4-12-26-50/h1-46H. The van der Waals surface area contributed by atoms with Gasteiger partial charge in [-0.15, -0.1) is 0 Å². The van der Waals surface area contributed by atoms with Crippen LogP contribution < -0.4 is 9.80 Å². The first kappa shape index (κ1) is 43.8. The van der Waals surface area contributed by atoms with E-state index in [1.807, 2.05) is 0 Å². The number of hydrogen-bond donors (Lipinski definition) is 0. The number of furan rings is 2. The highest BCUT2D eigenvalue weighted by atomic mass is 16.3. The van der Waals surface area contributed by atoms with Crippen LogP contribution in [0.2, 0.25) is 0 Å². The molecule has 4 heterocycles. The van der Waals surface area contributed by atoms with Crippen LogP contribution in [0.4, 0.5) is 34.1 Å². The molecule has 366 valence electrons. The maximum absolute atomic E-state index is 6.89. The first-order chi connectivity index (χ1) is 38.7. The van der Waals surface area contributed by atoms with E-state index in [-0.39, 0.29) is 0 Å². The van der Waals surface area contributed by atoms with Gasteiger partial charge >= 0.3 is 0 Å². The summed E-state index contributed by atoms with van der Waals surface area (Å²) in [6.45, 7) is 0. The summed E-state index contributed by atoms with van der Waals surface area (Å²) in [5.74, 6) is 0. The second-order valence-corrected chi connectivity index (χ2v) is 20.1. The summed E-state index contributed by atoms with van der Waals surface area (Å²) < 4.78 is 18.6. The Morgan fingerprint density at radius 2 is 0.577 bits per heavy atom. The van der Waals surface area contributed by atoms with E-state index in [0.717, 1.165) is 123 Å². The summed E-state index contributed by atoms with van der Waals surface area (Å²) in [7, 11) is 0. The van der Waals surface area contributed by atoms with Crippen molar-refractivity contribution in [2.24, 2.45) is 0 Å². The molecule has 12 aromatic carbocycles. The van der Waals surface area contributed by atoms with Crippen molar-refractivity contribution in [2.75, 3.05) is 9.80 Å². The first-order valence-corrected chi connectivity index (χ1v) is 26.5. The fourth-order valence-corrected chi connectivity index (χ4v) is 12.2. The average molecular weight is 999 g/mol. The molecule has 0 N–H and O–H groups in total. The van der Waals surface area contributed by atoms with E-state index in [1.54, 1.807) is 0 Å². The fraction of sp³-hybridized carbons (Fsp3) is 0. The van der Waals surface area contributed by atoms with E-state index in [0.29, 0.717) is 0 Å². The van der Waals surface area contributed by atoms with Gasteiger partial charge in [0.05, 0.1) is 22.1 Å². The van der Waals surface area contributed by atoms with E-state index in [1.165, 1.54) is 21.5 Å². The van der Waals surface area contributed by atoms with Gasteiger partial charge in [0, 0.05) is 99.7 Å². The Hall–Kier alpha value is -10.6. The van der Waals surface area contributed by atoms with Gasteiger partial charge in [-0.2, -0.15) is 0 Å². The molecule has 0 aliphatic carbocycles. The van der Waals surface area contributed by atoms with Crippen molar-refractivity contribution < 1.29 is 8.83 Å². The monoisotopic (exact) mass is 998 g/mol. The normalized spacial score (nSPS) is 11.8. The summed E-state index contributed by atoms with van der Waals surface area (Å²) in [4.78, 5) is 4.65. The summed E-state index contributed by atoms with van der Waals surface area (Å²) in [5.41, 5.74) is 18.6. The molecule has 6 nitrogen and oxygen atoms in total. The van der Waals surface area contributed by atoms with Crippen molar-refractivity contribution in [1.29, 1.82) is 0 Å². The molecule has 16 rings (SSSR count). The van der Waals surface area contributed by atoms with Gasteiger partial charge in [-0.1, -0.05) is 146 Å². The van der Waals surface area contributed by atoms with Crippen LogP contribution in [0.5, 0.6) is 0 Å². The third kappa shape index (κ3) is 6.83. The summed E-state index contributed by atoms with van der Waals surface area (Å²) in [6.07, 6.45) is 0. The van der Waals surface area contributed by atoms with Gasteiger partial charge in [0.1, 0.15) is 22.3 Å². The van der Waals surface area contributed by atoms with E-state index in [2.05, 4.69) is 298 Å². The smallest absolute Gasteiger partial charge is 0.143 e. The van der Waals surface area contributed by atoms with Crippen molar-refractivity contribution in [3.8, 4) is 22.5 Å². The number of rotatable bonds is 9. The fourth-order valence-electron chi connectivity index (χ4n) is 12.2. The van der Waals surface area contributed by atoms with E-state index < -0.39 is 0 Å². The number of nitrogens with zero attached hydrogens (tertiary/aromatic N) is 4. The number of aromatic nitrogens is 2. The highest BCUT2D eigenvalue weighted by molar-refractivity contribution is 6.17. The number of hydrogen-bond acceptors (Lipinski definition) is 4. The molecule has 0 unspecified atom stereocenters. The maximum Gasteiger partial charge on any atom is 0.143 e. The van der Waals surface area contributed by atoms with Crippen LogP contribution in [0.1, 0.15) is 0 Å². The molecular weight excluding hydrogens is 953 g/mol. The SMILES string of the molecule is c1ccc(N(c2ccccc2)c2ccc3c(c2)c2ccccc2n3-c2ccc3oc4c(-c5cccc6c5oc5ccc(-n7c8ccccc8c8cc(N(c9ccccc9)c9ccccc9)ccc87)cc56)cccc4c3c2)cc1. The third-order valence-corrected chi connectivity index (χ3v) is 15.7. The van der Waals surface area contributed by atoms with Gasteiger partial charge in [-0.3, -0.25) is 0 Å². The minimum absolute atomic E-state index is 0.829. The van der Waals surface area contributed by atoms with Crippen molar-refractivity contribution in [3.63, 3.8) is 0 Å². The number of benzene rings is 12. The predicted octanol–water partition coefficient (Wildman–Crippen LogP) is 20.3. The number of fused-ring (bicyclic) bond motifs is 12. The summed E-state index contributed by atoms with van der Waals surface area (Å²) in [6, 6.07) is 99.6. The molecule has 4 aromatic heterocycles. The van der Waals surface area contributed by atoms with Gasteiger partial charge in [0.15, 0.2) is 0 Å². The number of anilines is 6. The quantitative estimate of drug-likeness (QED) is 0.145. The Balaban J connectivity index is 0.797. The molecule has 0 fully saturated rings. The Morgan fingerprint density at radius 1 is 0.231 bits per heavy atom. The van der Waals surface area contributed by atoms with Gasteiger partial charge in [0.2, 0.25) is 0 Å². The zero-order chi connectivity index (χ0) is 51.3. The van der Waals surface area contributed by atoms with Crippen LogP contribution in [-0.4, -0.2) is 9.13 Å². The van der Waals surface area contributed by atoms with Gasteiger partial charge in [-0.05, 0) is 133 Å². The minimum Gasteiger partial charge on any atom is -0.455 e. The molecule has 16 aromatic rings. The molecule has 6 heteroatoms.